The van der Waals surface area contributed by atoms with Crippen LogP contribution >= 0.6 is 11.6 Å². The van der Waals surface area contributed by atoms with E-state index in [0.717, 1.165) is 33.8 Å². The molecule has 4 aromatic rings. The maximum atomic E-state index is 13.7. The summed E-state index contributed by atoms with van der Waals surface area (Å²) in [5, 5.41) is 6.55. The standard InChI is InChI=1S/C23H21ClN6O2/c1-11-10-30(21-14-4-3-13(24)5-12(14)6-19(21)32-11)23(31)17-7-15-18(9-26-17)28-22(25)16-8-27-29(2)20(15)16/h3-5,7-9,11,19,21H,6,10H2,1-2H3,(H2,25,28)/t11?,19-,21+/m1/s1. The van der Waals surface area contributed by atoms with E-state index in [0.29, 0.717) is 28.6 Å². The van der Waals surface area contributed by atoms with Crippen molar-refractivity contribution in [3.05, 3.63) is 58.5 Å². The van der Waals surface area contributed by atoms with Crippen molar-refractivity contribution in [2.45, 2.75) is 31.6 Å². The summed E-state index contributed by atoms with van der Waals surface area (Å²) in [5.41, 5.74) is 10.1. The Morgan fingerprint density at radius 3 is 2.94 bits per heavy atom. The number of benzene rings is 1. The van der Waals surface area contributed by atoms with Crippen molar-refractivity contribution < 1.29 is 9.53 Å². The average Bonchev–Trinajstić information content (AvgIpc) is 3.33. The molecule has 4 heterocycles. The Kier molecular flexibility index (Phi) is 4.18. The van der Waals surface area contributed by atoms with Crippen LogP contribution in [-0.2, 0) is 18.2 Å². The third-order valence-electron chi connectivity index (χ3n) is 6.47. The van der Waals surface area contributed by atoms with E-state index in [2.05, 4.69) is 15.1 Å². The summed E-state index contributed by atoms with van der Waals surface area (Å²) < 4.78 is 7.95. The van der Waals surface area contributed by atoms with Crippen LogP contribution in [0.25, 0.3) is 21.8 Å². The molecule has 1 aliphatic heterocycles. The quantitative estimate of drug-likeness (QED) is 0.479. The van der Waals surface area contributed by atoms with Crippen molar-refractivity contribution in [2.24, 2.45) is 7.05 Å². The predicted molar refractivity (Wildman–Crippen MR) is 121 cm³/mol. The predicted octanol–water partition coefficient (Wildman–Crippen LogP) is 3.28. The summed E-state index contributed by atoms with van der Waals surface area (Å²) in [6, 6.07) is 7.47. The van der Waals surface area contributed by atoms with Gasteiger partial charge in [-0.2, -0.15) is 5.10 Å². The van der Waals surface area contributed by atoms with Gasteiger partial charge in [-0.1, -0.05) is 17.7 Å². The van der Waals surface area contributed by atoms with Crippen LogP contribution in [0.2, 0.25) is 5.02 Å². The summed E-state index contributed by atoms with van der Waals surface area (Å²) >= 11 is 6.21. The number of pyridine rings is 2. The molecule has 162 valence electrons. The molecular formula is C23H21ClN6O2. The number of carbonyl (C=O) groups is 1. The second-order valence-electron chi connectivity index (χ2n) is 8.55. The number of carbonyl (C=O) groups excluding carboxylic acids is 1. The molecular weight excluding hydrogens is 428 g/mol. The van der Waals surface area contributed by atoms with E-state index in [-0.39, 0.29) is 24.2 Å². The molecule has 0 saturated carbocycles. The zero-order valence-electron chi connectivity index (χ0n) is 17.6. The van der Waals surface area contributed by atoms with Crippen LogP contribution in [0.3, 0.4) is 0 Å². The highest BCUT2D eigenvalue weighted by Gasteiger charge is 2.44. The summed E-state index contributed by atoms with van der Waals surface area (Å²) in [6.45, 7) is 2.48. The first-order valence-corrected chi connectivity index (χ1v) is 10.9. The zero-order valence-corrected chi connectivity index (χ0v) is 18.4. The van der Waals surface area contributed by atoms with Gasteiger partial charge in [-0.15, -0.1) is 0 Å². The van der Waals surface area contributed by atoms with Gasteiger partial charge in [0.1, 0.15) is 11.5 Å². The van der Waals surface area contributed by atoms with E-state index < -0.39 is 0 Å². The van der Waals surface area contributed by atoms with Crippen molar-refractivity contribution in [1.82, 2.24) is 24.6 Å². The van der Waals surface area contributed by atoms with E-state index in [1.807, 2.05) is 37.1 Å². The molecule has 1 aromatic carbocycles. The van der Waals surface area contributed by atoms with Gasteiger partial charge in [0.05, 0.1) is 47.1 Å². The number of nitrogens with zero attached hydrogens (tertiary/aromatic N) is 5. The number of halogens is 1. The van der Waals surface area contributed by atoms with Gasteiger partial charge in [-0.25, -0.2) is 9.97 Å². The Bertz CT molecular complexity index is 1420. The number of anilines is 1. The Morgan fingerprint density at radius 1 is 1.25 bits per heavy atom. The van der Waals surface area contributed by atoms with Crippen molar-refractivity contribution in [3.8, 4) is 0 Å². The number of hydrogen-bond acceptors (Lipinski definition) is 6. The fourth-order valence-electron chi connectivity index (χ4n) is 5.13. The third kappa shape index (κ3) is 2.79. The zero-order chi connectivity index (χ0) is 22.1. The molecule has 0 spiro atoms. The molecule has 2 aliphatic rings. The molecule has 0 bridgehead atoms. The van der Waals surface area contributed by atoms with Crippen molar-refractivity contribution >= 4 is 45.1 Å². The van der Waals surface area contributed by atoms with E-state index in [4.69, 9.17) is 22.1 Å². The number of ether oxygens (including phenoxy) is 1. The SMILES string of the molecule is CC1CN(C(=O)c2cc3c(cn2)nc(N)c2cnn(C)c23)[C@H]2c3ccc(Cl)cc3C[C@H]2O1. The highest BCUT2D eigenvalue weighted by molar-refractivity contribution is 6.30. The number of fused-ring (bicyclic) bond motifs is 6. The summed E-state index contributed by atoms with van der Waals surface area (Å²) in [4.78, 5) is 24.5. The van der Waals surface area contributed by atoms with E-state index in [1.165, 1.54) is 0 Å². The minimum atomic E-state index is -0.162. The van der Waals surface area contributed by atoms with Gasteiger partial charge in [-0.3, -0.25) is 9.48 Å². The largest absolute Gasteiger partial charge is 0.383 e. The Balaban J connectivity index is 1.46. The number of hydrogen-bond donors (Lipinski definition) is 1. The topological polar surface area (TPSA) is 99.2 Å². The van der Waals surface area contributed by atoms with Crippen LogP contribution in [0.15, 0.2) is 36.7 Å². The minimum Gasteiger partial charge on any atom is -0.383 e. The summed E-state index contributed by atoms with van der Waals surface area (Å²) in [6.07, 6.45) is 3.86. The molecule has 1 amide bonds. The summed E-state index contributed by atoms with van der Waals surface area (Å²) in [5.74, 6) is 0.263. The molecule has 32 heavy (non-hydrogen) atoms. The lowest BCUT2D eigenvalue weighted by atomic mass is 10.0. The van der Waals surface area contributed by atoms with E-state index >= 15 is 0 Å². The van der Waals surface area contributed by atoms with Crippen LogP contribution < -0.4 is 5.73 Å². The van der Waals surface area contributed by atoms with Crippen LogP contribution in [0, 0.1) is 0 Å². The van der Waals surface area contributed by atoms with Crippen LogP contribution in [-0.4, -0.2) is 49.3 Å². The molecule has 1 aliphatic carbocycles. The van der Waals surface area contributed by atoms with Gasteiger partial charge >= 0.3 is 0 Å². The Labute approximate surface area is 188 Å². The van der Waals surface area contributed by atoms with Gasteiger partial charge in [0.2, 0.25) is 0 Å². The van der Waals surface area contributed by atoms with E-state index in [9.17, 15) is 4.79 Å². The number of aryl methyl sites for hydroxylation is 1. The molecule has 6 rings (SSSR count). The first-order chi connectivity index (χ1) is 15.4. The lowest BCUT2D eigenvalue weighted by molar-refractivity contribution is -0.0938. The Hall–Kier alpha value is -3.23. The van der Waals surface area contributed by atoms with Gasteiger partial charge in [-0.05, 0) is 36.2 Å². The monoisotopic (exact) mass is 448 g/mol. The molecule has 0 radical (unpaired) electrons. The van der Waals surface area contributed by atoms with Crippen molar-refractivity contribution in [2.75, 3.05) is 12.3 Å². The lowest BCUT2D eigenvalue weighted by Gasteiger charge is -2.41. The molecule has 1 unspecified atom stereocenters. The minimum absolute atomic E-state index is 0.0734. The third-order valence-corrected chi connectivity index (χ3v) is 6.70. The molecule has 1 fully saturated rings. The van der Waals surface area contributed by atoms with Crippen LogP contribution in [0.4, 0.5) is 5.82 Å². The number of nitrogens with two attached hydrogens (primary N) is 1. The second kappa shape index (κ2) is 6.88. The lowest BCUT2D eigenvalue weighted by Crippen LogP contribution is -2.50. The number of aromatic nitrogens is 4. The molecule has 3 atom stereocenters. The molecule has 2 N–H and O–H groups in total. The molecule has 1 saturated heterocycles. The van der Waals surface area contributed by atoms with Gasteiger partial charge in [0.25, 0.3) is 5.91 Å². The molecule has 9 heteroatoms. The van der Waals surface area contributed by atoms with Gasteiger partial charge in [0, 0.05) is 30.4 Å². The number of amides is 1. The van der Waals surface area contributed by atoms with Crippen LogP contribution in [0.5, 0.6) is 0 Å². The highest BCUT2D eigenvalue weighted by atomic mass is 35.5. The second-order valence-corrected chi connectivity index (χ2v) is 8.99. The number of morpholine rings is 1. The Morgan fingerprint density at radius 2 is 2.09 bits per heavy atom. The first-order valence-electron chi connectivity index (χ1n) is 10.5. The van der Waals surface area contributed by atoms with Crippen molar-refractivity contribution in [1.29, 1.82) is 0 Å². The van der Waals surface area contributed by atoms with Gasteiger partial charge < -0.3 is 15.4 Å². The van der Waals surface area contributed by atoms with Crippen molar-refractivity contribution in [3.63, 3.8) is 0 Å². The molecule has 8 nitrogen and oxygen atoms in total. The first kappa shape index (κ1) is 19.5. The average molecular weight is 449 g/mol. The number of rotatable bonds is 1. The maximum absolute atomic E-state index is 13.7. The fourth-order valence-corrected chi connectivity index (χ4v) is 5.32. The fraction of sp³-hybridized carbons (Fsp3) is 0.304. The smallest absolute Gasteiger partial charge is 0.273 e. The molecule has 3 aromatic heterocycles. The maximum Gasteiger partial charge on any atom is 0.273 e. The highest BCUT2D eigenvalue weighted by Crippen LogP contribution is 2.42. The number of nitrogen functional groups attached to an aromatic ring is 1. The normalized spacial score (nSPS) is 22.3. The van der Waals surface area contributed by atoms with Crippen LogP contribution in [0.1, 0.15) is 34.6 Å². The van der Waals surface area contributed by atoms with E-state index in [1.54, 1.807) is 23.1 Å². The summed E-state index contributed by atoms with van der Waals surface area (Å²) in [7, 11) is 1.85. The van der Waals surface area contributed by atoms with Gasteiger partial charge in [0.15, 0.2) is 0 Å².